The van der Waals surface area contributed by atoms with Gasteiger partial charge in [-0.3, -0.25) is 10.2 Å². The molecule has 1 atom stereocenters. The van der Waals surface area contributed by atoms with Crippen molar-refractivity contribution in [2.45, 2.75) is 38.4 Å². The van der Waals surface area contributed by atoms with Crippen molar-refractivity contribution in [3.05, 3.63) is 35.9 Å². The van der Waals surface area contributed by atoms with E-state index in [1.807, 2.05) is 6.07 Å². The normalized spacial score (nSPS) is 24.3. The van der Waals surface area contributed by atoms with E-state index < -0.39 is 0 Å². The summed E-state index contributed by atoms with van der Waals surface area (Å²) in [5.41, 5.74) is 0.957. The maximum atomic E-state index is 9.41. The molecule has 1 aromatic carbocycles. The van der Waals surface area contributed by atoms with Gasteiger partial charge in [0.05, 0.1) is 6.07 Å². The number of hydrogen-bond acceptors (Lipinski definition) is 3. The van der Waals surface area contributed by atoms with Gasteiger partial charge in [0.1, 0.15) is 5.54 Å². The SMILES string of the molecule is CC(C)NC1(C#N)CCN(Cc2ccccc2)C1. The van der Waals surface area contributed by atoms with E-state index in [1.54, 1.807) is 0 Å². The van der Waals surface area contributed by atoms with Crippen LogP contribution in [0.1, 0.15) is 25.8 Å². The van der Waals surface area contributed by atoms with E-state index in [2.05, 4.69) is 54.4 Å². The second kappa shape index (κ2) is 5.51. The highest BCUT2D eigenvalue weighted by Gasteiger charge is 2.38. The predicted octanol–water partition coefficient (Wildman–Crippen LogP) is 2.15. The molecule has 0 bridgehead atoms. The zero-order chi connectivity index (χ0) is 13.0. The van der Waals surface area contributed by atoms with Crippen LogP contribution in [-0.4, -0.2) is 29.6 Å². The minimum absolute atomic E-state index is 0.348. The summed E-state index contributed by atoms with van der Waals surface area (Å²) in [6.07, 6.45) is 0.911. The molecular weight excluding hydrogens is 222 g/mol. The fourth-order valence-corrected chi connectivity index (χ4v) is 2.66. The molecule has 0 radical (unpaired) electrons. The van der Waals surface area contributed by atoms with E-state index in [0.29, 0.717) is 6.04 Å². The minimum Gasteiger partial charge on any atom is -0.296 e. The van der Waals surface area contributed by atoms with Gasteiger partial charge in [-0.1, -0.05) is 30.3 Å². The Kier molecular flexibility index (Phi) is 4.00. The molecule has 0 amide bonds. The topological polar surface area (TPSA) is 39.1 Å². The fourth-order valence-electron chi connectivity index (χ4n) is 2.66. The summed E-state index contributed by atoms with van der Waals surface area (Å²) in [5, 5.41) is 12.8. The molecule has 96 valence electrons. The quantitative estimate of drug-likeness (QED) is 0.880. The lowest BCUT2D eigenvalue weighted by Crippen LogP contribution is -2.49. The summed E-state index contributed by atoms with van der Waals surface area (Å²) in [5.74, 6) is 0. The lowest BCUT2D eigenvalue weighted by Gasteiger charge is -2.25. The van der Waals surface area contributed by atoms with Crippen molar-refractivity contribution >= 4 is 0 Å². The van der Waals surface area contributed by atoms with Crippen LogP contribution in [0.4, 0.5) is 0 Å². The zero-order valence-corrected chi connectivity index (χ0v) is 11.2. The van der Waals surface area contributed by atoms with Crippen molar-refractivity contribution in [2.24, 2.45) is 0 Å². The molecule has 0 saturated carbocycles. The highest BCUT2D eigenvalue weighted by molar-refractivity contribution is 5.17. The largest absolute Gasteiger partial charge is 0.296 e. The molecule has 1 fully saturated rings. The number of benzene rings is 1. The van der Waals surface area contributed by atoms with Gasteiger partial charge in [0.15, 0.2) is 0 Å². The van der Waals surface area contributed by atoms with Crippen LogP contribution in [0.25, 0.3) is 0 Å². The Morgan fingerprint density at radius 1 is 1.39 bits per heavy atom. The number of nitriles is 1. The molecule has 1 aliphatic heterocycles. The summed E-state index contributed by atoms with van der Waals surface area (Å²) in [6.45, 7) is 6.93. The third kappa shape index (κ3) is 3.10. The van der Waals surface area contributed by atoms with Crippen molar-refractivity contribution in [3.8, 4) is 6.07 Å². The summed E-state index contributed by atoms with van der Waals surface area (Å²) in [6, 6.07) is 13.3. The highest BCUT2D eigenvalue weighted by atomic mass is 15.2. The molecular formula is C15H21N3. The van der Waals surface area contributed by atoms with Crippen LogP contribution in [0.5, 0.6) is 0 Å². The summed E-state index contributed by atoms with van der Waals surface area (Å²) < 4.78 is 0. The van der Waals surface area contributed by atoms with E-state index in [1.165, 1.54) is 5.56 Å². The Morgan fingerprint density at radius 2 is 2.11 bits per heavy atom. The van der Waals surface area contributed by atoms with Crippen molar-refractivity contribution in [1.29, 1.82) is 5.26 Å². The first kappa shape index (κ1) is 13.1. The van der Waals surface area contributed by atoms with Gasteiger partial charge in [0.2, 0.25) is 0 Å². The summed E-state index contributed by atoms with van der Waals surface area (Å²) in [4.78, 5) is 2.36. The summed E-state index contributed by atoms with van der Waals surface area (Å²) >= 11 is 0. The van der Waals surface area contributed by atoms with Crippen LogP contribution < -0.4 is 5.32 Å². The van der Waals surface area contributed by atoms with Crippen LogP contribution in [-0.2, 0) is 6.54 Å². The van der Waals surface area contributed by atoms with Gasteiger partial charge < -0.3 is 0 Å². The molecule has 1 aliphatic rings. The van der Waals surface area contributed by atoms with E-state index in [4.69, 9.17) is 0 Å². The zero-order valence-electron chi connectivity index (χ0n) is 11.2. The third-order valence-corrected chi connectivity index (χ3v) is 3.38. The number of nitrogens with zero attached hydrogens (tertiary/aromatic N) is 2. The number of hydrogen-bond donors (Lipinski definition) is 1. The molecule has 1 aromatic rings. The predicted molar refractivity (Wildman–Crippen MR) is 73.0 cm³/mol. The molecule has 3 nitrogen and oxygen atoms in total. The van der Waals surface area contributed by atoms with Crippen LogP contribution in [0, 0.1) is 11.3 Å². The van der Waals surface area contributed by atoms with Gasteiger partial charge in [-0.05, 0) is 25.8 Å². The van der Waals surface area contributed by atoms with E-state index in [0.717, 1.165) is 26.1 Å². The van der Waals surface area contributed by atoms with E-state index in [9.17, 15) is 5.26 Å². The van der Waals surface area contributed by atoms with Crippen LogP contribution >= 0.6 is 0 Å². The lowest BCUT2D eigenvalue weighted by atomic mass is 10.00. The van der Waals surface area contributed by atoms with Gasteiger partial charge in [0.25, 0.3) is 0 Å². The van der Waals surface area contributed by atoms with Crippen molar-refractivity contribution < 1.29 is 0 Å². The van der Waals surface area contributed by atoms with Gasteiger partial charge in [-0.2, -0.15) is 5.26 Å². The molecule has 0 spiro atoms. The Bertz CT molecular complexity index is 421. The first-order valence-electron chi connectivity index (χ1n) is 6.59. The molecule has 1 heterocycles. The first-order chi connectivity index (χ1) is 8.63. The van der Waals surface area contributed by atoms with Gasteiger partial charge in [-0.25, -0.2) is 0 Å². The Hall–Kier alpha value is -1.37. The van der Waals surface area contributed by atoms with Crippen LogP contribution in [0.3, 0.4) is 0 Å². The maximum Gasteiger partial charge on any atom is 0.120 e. The van der Waals surface area contributed by atoms with Gasteiger partial charge >= 0.3 is 0 Å². The van der Waals surface area contributed by atoms with Gasteiger partial charge in [-0.15, -0.1) is 0 Å². The smallest absolute Gasteiger partial charge is 0.120 e. The molecule has 0 aliphatic carbocycles. The van der Waals surface area contributed by atoms with Crippen molar-refractivity contribution in [2.75, 3.05) is 13.1 Å². The summed E-state index contributed by atoms with van der Waals surface area (Å²) in [7, 11) is 0. The highest BCUT2D eigenvalue weighted by Crippen LogP contribution is 2.23. The molecule has 2 rings (SSSR count). The fraction of sp³-hybridized carbons (Fsp3) is 0.533. The monoisotopic (exact) mass is 243 g/mol. The van der Waals surface area contributed by atoms with Crippen LogP contribution in [0.2, 0.25) is 0 Å². The average Bonchev–Trinajstić information content (AvgIpc) is 2.73. The minimum atomic E-state index is -0.358. The number of likely N-dealkylation sites (tertiary alicyclic amines) is 1. The molecule has 1 N–H and O–H groups in total. The Balaban J connectivity index is 1.97. The molecule has 1 saturated heterocycles. The van der Waals surface area contributed by atoms with Crippen LogP contribution in [0.15, 0.2) is 30.3 Å². The number of nitrogens with one attached hydrogen (secondary N) is 1. The number of rotatable bonds is 4. The molecule has 1 unspecified atom stereocenters. The standard InChI is InChI=1S/C15H21N3/c1-13(2)17-15(11-16)8-9-18(12-15)10-14-6-4-3-5-7-14/h3-7,13,17H,8-10,12H2,1-2H3. The Morgan fingerprint density at radius 3 is 2.72 bits per heavy atom. The van der Waals surface area contributed by atoms with Gasteiger partial charge in [0, 0.05) is 25.7 Å². The molecule has 3 heteroatoms. The Labute approximate surface area is 109 Å². The second-order valence-electron chi connectivity index (χ2n) is 5.44. The second-order valence-corrected chi connectivity index (χ2v) is 5.44. The lowest BCUT2D eigenvalue weighted by molar-refractivity contribution is 0.296. The van der Waals surface area contributed by atoms with Crippen molar-refractivity contribution in [3.63, 3.8) is 0 Å². The average molecular weight is 243 g/mol. The van der Waals surface area contributed by atoms with Crippen molar-refractivity contribution in [1.82, 2.24) is 10.2 Å². The molecule has 18 heavy (non-hydrogen) atoms. The first-order valence-corrected chi connectivity index (χ1v) is 6.59. The maximum absolute atomic E-state index is 9.41. The molecule has 0 aromatic heterocycles. The van der Waals surface area contributed by atoms with E-state index >= 15 is 0 Å². The third-order valence-electron chi connectivity index (χ3n) is 3.38. The van der Waals surface area contributed by atoms with E-state index in [-0.39, 0.29) is 5.54 Å².